The number of rotatable bonds is 1. The van der Waals surface area contributed by atoms with Crippen molar-refractivity contribution in [2.75, 3.05) is 12.3 Å². The van der Waals surface area contributed by atoms with Gasteiger partial charge in [-0.3, -0.25) is 9.36 Å². The molecule has 1 amide bonds. The predicted octanol–water partition coefficient (Wildman–Crippen LogP) is 2.70. The molecule has 3 heterocycles. The number of esters is 1. The lowest BCUT2D eigenvalue weighted by Gasteiger charge is -2.24. The van der Waals surface area contributed by atoms with Crippen molar-refractivity contribution in [2.24, 2.45) is 0 Å². The molecule has 0 saturated carbocycles. The largest absolute Gasteiger partial charge is 0.455 e. The van der Waals surface area contributed by atoms with Crippen molar-refractivity contribution in [2.45, 2.75) is 45.3 Å². The zero-order chi connectivity index (χ0) is 18.6. The zero-order valence-electron chi connectivity index (χ0n) is 15.2. The molecule has 1 aromatic heterocycles. The maximum atomic E-state index is 13.1. The fourth-order valence-electron chi connectivity index (χ4n) is 3.74. The van der Waals surface area contributed by atoms with Gasteiger partial charge in [-0.05, 0) is 51.8 Å². The van der Waals surface area contributed by atoms with Crippen LogP contribution in [0.1, 0.15) is 66.2 Å². The summed E-state index contributed by atoms with van der Waals surface area (Å²) in [4.78, 5) is 31.9. The van der Waals surface area contributed by atoms with Crippen LogP contribution in [0.2, 0.25) is 0 Å². The van der Waals surface area contributed by atoms with Gasteiger partial charge in [0.15, 0.2) is 5.69 Å². The average molecular weight is 354 g/mol. The second-order valence-corrected chi connectivity index (χ2v) is 7.78. The third-order valence-corrected chi connectivity index (χ3v) is 4.74. The molecule has 0 radical (unpaired) electrons. The summed E-state index contributed by atoms with van der Waals surface area (Å²) in [6.07, 6.45) is 3.27. The first-order valence-corrected chi connectivity index (χ1v) is 8.78. The van der Waals surface area contributed by atoms with Crippen molar-refractivity contribution in [1.29, 1.82) is 0 Å². The minimum Gasteiger partial charge on any atom is -0.455 e. The summed E-state index contributed by atoms with van der Waals surface area (Å²) >= 11 is 0. The molecule has 1 saturated heterocycles. The van der Waals surface area contributed by atoms with Crippen LogP contribution in [0, 0.1) is 0 Å². The molecule has 26 heavy (non-hydrogen) atoms. The fourth-order valence-corrected chi connectivity index (χ4v) is 3.74. The number of nitrogens with two attached hydrogens (primary N) is 1. The van der Waals surface area contributed by atoms with E-state index in [-0.39, 0.29) is 17.6 Å². The summed E-state index contributed by atoms with van der Waals surface area (Å²) in [6.45, 7) is 6.12. The topological polar surface area (TPSA) is 90.5 Å². The Labute approximate surface area is 151 Å². The third-order valence-electron chi connectivity index (χ3n) is 4.74. The molecule has 1 aromatic carbocycles. The highest BCUT2D eigenvalue weighted by molar-refractivity contribution is 6.00. The molecule has 7 heteroatoms. The Morgan fingerprint density at radius 2 is 2.12 bits per heavy atom. The molecule has 1 fully saturated rings. The molecule has 0 aliphatic carbocycles. The number of fused-ring (bicyclic) bond motifs is 5. The Bertz CT molecular complexity index is 910. The number of aromatic nitrogens is 2. The van der Waals surface area contributed by atoms with E-state index in [0.717, 1.165) is 12.8 Å². The molecule has 2 aliphatic heterocycles. The van der Waals surface area contributed by atoms with Crippen molar-refractivity contribution in [3.8, 4) is 5.69 Å². The standard InChI is InChI=1S/C19H22N4O3/c1-19(2,3)26-18(25)15-16-14-5-4-8-22(14)17(24)12-9-11(20)6-7-13(12)23(16)10-21-15/h6-7,9-10,14H,4-5,8,20H2,1-3H3/t14-/m0/s1. The molecule has 0 spiro atoms. The van der Waals surface area contributed by atoms with Crippen LogP contribution in [0.3, 0.4) is 0 Å². The molecule has 1 atom stereocenters. The number of anilines is 1. The number of nitrogen functional groups attached to an aromatic ring is 1. The van der Waals surface area contributed by atoms with Crippen LogP contribution < -0.4 is 5.73 Å². The first kappa shape index (κ1) is 16.6. The van der Waals surface area contributed by atoms with E-state index in [0.29, 0.717) is 29.2 Å². The Kier molecular flexibility index (Phi) is 3.57. The molecule has 2 aliphatic rings. The molecule has 4 rings (SSSR count). The predicted molar refractivity (Wildman–Crippen MR) is 96.2 cm³/mol. The van der Waals surface area contributed by atoms with E-state index in [1.807, 2.05) is 30.2 Å². The van der Waals surface area contributed by atoms with Gasteiger partial charge in [-0.2, -0.15) is 0 Å². The van der Waals surface area contributed by atoms with Gasteiger partial charge in [0.05, 0.1) is 23.0 Å². The van der Waals surface area contributed by atoms with Crippen LogP contribution in [0.4, 0.5) is 5.69 Å². The van der Waals surface area contributed by atoms with Gasteiger partial charge in [0.2, 0.25) is 0 Å². The fraction of sp³-hybridized carbons (Fsp3) is 0.421. The third kappa shape index (κ3) is 2.55. The van der Waals surface area contributed by atoms with Gasteiger partial charge in [-0.25, -0.2) is 9.78 Å². The van der Waals surface area contributed by atoms with Crippen LogP contribution >= 0.6 is 0 Å². The lowest BCUT2D eigenvalue weighted by molar-refractivity contribution is 0.00596. The first-order chi connectivity index (χ1) is 12.3. The Morgan fingerprint density at radius 1 is 1.35 bits per heavy atom. The molecule has 2 N–H and O–H groups in total. The minimum absolute atomic E-state index is 0.0614. The van der Waals surface area contributed by atoms with Gasteiger partial charge < -0.3 is 15.4 Å². The summed E-state index contributed by atoms with van der Waals surface area (Å²) in [7, 11) is 0. The number of nitrogens with zero attached hydrogens (tertiary/aromatic N) is 3. The van der Waals surface area contributed by atoms with E-state index in [4.69, 9.17) is 10.5 Å². The quantitative estimate of drug-likeness (QED) is 0.628. The van der Waals surface area contributed by atoms with Gasteiger partial charge in [-0.15, -0.1) is 0 Å². The summed E-state index contributed by atoms with van der Waals surface area (Å²) in [6, 6.07) is 5.05. The van der Waals surface area contributed by atoms with Crippen LogP contribution in [-0.4, -0.2) is 38.5 Å². The van der Waals surface area contributed by atoms with E-state index < -0.39 is 11.6 Å². The number of ether oxygens (including phenoxy) is 1. The summed E-state index contributed by atoms with van der Waals surface area (Å²) in [5, 5.41) is 0. The number of hydrogen-bond donors (Lipinski definition) is 1. The smallest absolute Gasteiger partial charge is 0.359 e. The number of amides is 1. The van der Waals surface area contributed by atoms with Crippen LogP contribution in [0.25, 0.3) is 5.69 Å². The zero-order valence-corrected chi connectivity index (χ0v) is 15.2. The lowest BCUT2D eigenvalue weighted by Crippen LogP contribution is -2.31. The Morgan fingerprint density at radius 3 is 2.85 bits per heavy atom. The average Bonchev–Trinajstić information content (AvgIpc) is 3.17. The normalized spacial score (nSPS) is 18.8. The highest BCUT2D eigenvalue weighted by Crippen LogP contribution is 2.40. The Hall–Kier alpha value is -2.83. The minimum atomic E-state index is -0.615. The van der Waals surface area contributed by atoms with Gasteiger partial charge in [0, 0.05) is 12.2 Å². The van der Waals surface area contributed by atoms with Gasteiger partial charge >= 0.3 is 5.97 Å². The van der Waals surface area contributed by atoms with Gasteiger partial charge in [0.25, 0.3) is 5.91 Å². The summed E-state index contributed by atoms with van der Waals surface area (Å²) in [5.41, 5.74) is 8.03. The van der Waals surface area contributed by atoms with Crippen LogP contribution in [0.15, 0.2) is 24.5 Å². The summed E-state index contributed by atoms with van der Waals surface area (Å²) < 4.78 is 7.37. The molecule has 0 unspecified atom stereocenters. The van der Waals surface area contributed by atoms with E-state index in [1.54, 1.807) is 24.5 Å². The molecular formula is C19H22N4O3. The SMILES string of the molecule is CC(C)(C)OC(=O)c1ncn2c1[C@@H]1CCCN1C(=O)c1cc(N)ccc1-2. The van der Waals surface area contributed by atoms with Crippen LogP contribution in [0.5, 0.6) is 0 Å². The number of hydrogen-bond acceptors (Lipinski definition) is 5. The molecular weight excluding hydrogens is 332 g/mol. The number of imidazole rings is 1. The van der Waals surface area contributed by atoms with Crippen molar-refractivity contribution < 1.29 is 14.3 Å². The van der Waals surface area contributed by atoms with Crippen molar-refractivity contribution in [1.82, 2.24) is 14.5 Å². The maximum absolute atomic E-state index is 13.1. The highest BCUT2D eigenvalue weighted by atomic mass is 16.6. The van der Waals surface area contributed by atoms with E-state index in [9.17, 15) is 9.59 Å². The van der Waals surface area contributed by atoms with Crippen molar-refractivity contribution in [3.63, 3.8) is 0 Å². The van der Waals surface area contributed by atoms with Crippen LogP contribution in [-0.2, 0) is 4.74 Å². The monoisotopic (exact) mass is 354 g/mol. The molecule has 2 aromatic rings. The number of carbonyl (C=O) groups excluding carboxylic acids is 2. The Balaban J connectivity index is 1.91. The number of benzene rings is 1. The highest BCUT2D eigenvalue weighted by Gasteiger charge is 2.40. The number of carbonyl (C=O) groups is 2. The second kappa shape index (κ2) is 5.59. The lowest BCUT2D eigenvalue weighted by atomic mass is 10.1. The summed E-state index contributed by atoms with van der Waals surface area (Å²) in [5.74, 6) is -0.530. The first-order valence-electron chi connectivity index (χ1n) is 8.78. The molecule has 7 nitrogen and oxygen atoms in total. The molecule has 0 bridgehead atoms. The van der Waals surface area contributed by atoms with Crippen molar-refractivity contribution >= 4 is 17.6 Å². The van der Waals surface area contributed by atoms with Crippen molar-refractivity contribution in [3.05, 3.63) is 41.5 Å². The second-order valence-electron chi connectivity index (χ2n) is 7.78. The maximum Gasteiger partial charge on any atom is 0.359 e. The molecule has 136 valence electrons. The van der Waals surface area contributed by atoms with Gasteiger partial charge in [-0.1, -0.05) is 0 Å². The van der Waals surface area contributed by atoms with Gasteiger partial charge in [0.1, 0.15) is 11.9 Å². The van der Waals surface area contributed by atoms with E-state index in [1.165, 1.54) is 0 Å². The van der Waals surface area contributed by atoms with E-state index in [2.05, 4.69) is 4.98 Å². The van der Waals surface area contributed by atoms with E-state index >= 15 is 0 Å².